The summed E-state index contributed by atoms with van der Waals surface area (Å²) in [5.74, 6) is 0.665. The number of hydrogen-bond donors (Lipinski definition) is 0. The van der Waals surface area contributed by atoms with Crippen LogP contribution in [0.3, 0.4) is 0 Å². The first-order chi connectivity index (χ1) is 14.4. The SMILES string of the molecule is CCOC(=O)CCc1ccc(OCc2sc(Cl)cc2-c2ccc(Cl)cc2)c(C)c1C. The minimum atomic E-state index is -0.167. The summed E-state index contributed by atoms with van der Waals surface area (Å²) in [6, 6.07) is 13.7. The van der Waals surface area contributed by atoms with Crippen LogP contribution in [0, 0.1) is 13.8 Å². The van der Waals surface area contributed by atoms with E-state index in [0.717, 1.165) is 42.8 Å². The molecular formula is C24H24Cl2O3S. The molecule has 1 heterocycles. The summed E-state index contributed by atoms with van der Waals surface area (Å²) < 4.78 is 11.9. The van der Waals surface area contributed by atoms with E-state index < -0.39 is 0 Å². The lowest BCUT2D eigenvalue weighted by atomic mass is 9.99. The molecule has 0 aliphatic carbocycles. The first-order valence-corrected chi connectivity index (χ1v) is 11.4. The van der Waals surface area contributed by atoms with Gasteiger partial charge in [-0.3, -0.25) is 4.79 Å². The van der Waals surface area contributed by atoms with Gasteiger partial charge in [-0.1, -0.05) is 41.4 Å². The lowest BCUT2D eigenvalue weighted by Gasteiger charge is -2.15. The lowest BCUT2D eigenvalue weighted by Crippen LogP contribution is -2.06. The Bertz CT molecular complexity index is 1030. The topological polar surface area (TPSA) is 35.5 Å². The third-order valence-electron chi connectivity index (χ3n) is 5.05. The van der Waals surface area contributed by atoms with E-state index >= 15 is 0 Å². The zero-order valence-corrected chi connectivity index (χ0v) is 19.6. The molecule has 3 aromatic rings. The summed E-state index contributed by atoms with van der Waals surface area (Å²) in [5.41, 5.74) is 5.46. The van der Waals surface area contributed by atoms with Crippen molar-refractivity contribution in [2.45, 2.75) is 40.2 Å². The fourth-order valence-electron chi connectivity index (χ4n) is 3.27. The number of esters is 1. The Hall–Kier alpha value is -2.01. The van der Waals surface area contributed by atoms with Gasteiger partial charge in [-0.2, -0.15) is 0 Å². The fourth-order valence-corrected chi connectivity index (χ4v) is 4.60. The Balaban J connectivity index is 1.73. The first-order valence-electron chi connectivity index (χ1n) is 9.80. The Labute approximate surface area is 191 Å². The van der Waals surface area contributed by atoms with Gasteiger partial charge >= 0.3 is 5.97 Å². The lowest BCUT2D eigenvalue weighted by molar-refractivity contribution is -0.143. The van der Waals surface area contributed by atoms with Gasteiger partial charge in [-0.05, 0) is 73.7 Å². The van der Waals surface area contributed by atoms with Crippen molar-refractivity contribution in [2.75, 3.05) is 6.61 Å². The molecule has 30 heavy (non-hydrogen) atoms. The van der Waals surface area contributed by atoms with Crippen LogP contribution >= 0.6 is 34.5 Å². The first kappa shape index (κ1) is 22.7. The number of carbonyl (C=O) groups is 1. The molecule has 0 aliphatic rings. The summed E-state index contributed by atoms with van der Waals surface area (Å²) in [6.45, 7) is 6.76. The van der Waals surface area contributed by atoms with E-state index in [9.17, 15) is 4.79 Å². The molecular weight excluding hydrogens is 439 g/mol. The molecule has 0 saturated carbocycles. The zero-order chi connectivity index (χ0) is 21.7. The van der Waals surface area contributed by atoms with Gasteiger partial charge in [0.2, 0.25) is 0 Å². The molecule has 0 fully saturated rings. The van der Waals surface area contributed by atoms with Crippen molar-refractivity contribution in [2.24, 2.45) is 0 Å². The van der Waals surface area contributed by atoms with Crippen LogP contribution in [0.5, 0.6) is 5.75 Å². The molecule has 0 spiro atoms. The smallest absolute Gasteiger partial charge is 0.306 e. The highest BCUT2D eigenvalue weighted by Gasteiger charge is 2.14. The molecule has 0 N–H and O–H groups in total. The molecule has 3 nitrogen and oxygen atoms in total. The van der Waals surface area contributed by atoms with E-state index in [0.29, 0.717) is 31.1 Å². The quantitative estimate of drug-likeness (QED) is 0.326. The molecule has 0 unspecified atom stereocenters. The van der Waals surface area contributed by atoms with Crippen LogP contribution in [0.1, 0.15) is 34.9 Å². The molecule has 0 amide bonds. The second-order valence-electron chi connectivity index (χ2n) is 6.96. The molecule has 158 valence electrons. The molecule has 0 radical (unpaired) electrons. The van der Waals surface area contributed by atoms with Crippen molar-refractivity contribution in [3.8, 4) is 16.9 Å². The highest BCUT2D eigenvalue weighted by atomic mass is 35.5. The zero-order valence-electron chi connectivity index (χ0n) is 17.3. The van der Waals surface area contributed by atoms with E-state index in [2.05, 4.69) is 6.92 Å². The van der Waals surface area contributed by atoms with Gasteiger partial charge in [0.25, 0.3) is 0 Å². The van der Waals surface area contributed by atoms with Crippen molar-refractivity contribution in [1.29, 1.82) is 0 Å². The van der Waals surface area contributed by atoms with Crippen LogP contribution < -0.4 is 4.74 Å². The van der Waals surface area contributed by atoms with Crippen molar-refractivity contribution >= 4 is 40.5 Å². The average Bonchev–Trinajstić information content (AvgIpc) is 3.09. The third-order valence-corrected chi connectivity index (χ3v) is 6.54. The number of benzene rings is 2. The van der Waals surface area contributed by atoms with E-state index in [-0.39, 0.29) is 5.97 Å². The number of hydrogen-bond acceptors (Lipinski definition) is 4. The molecule has 3 rings (SSSR count). The summed E-state index contributed by atoms with van der Waals surface area (Å²) >= 11 is 13.8. The minimum absolute atomic E-state index is 0.167. The van der Waals surface area contributed by atoms with E-state index in [1.807, 2.05) is 56.3 Å². The fraction of sp³-hybridized carbons (Fsp3) is 0.292. The van der Waals surface area contributed by atoms with Crippen LogP contribution in [0.2, 0.25) is 9.36 Å². The van der Waals surface area contributed by atoms with Gasteiger partial charge in [-0.25, -0.2) is 0 Å². The Morgan fingerprint density at radius 3 is 2.47 bits per heavy atom. The van der Waals surface area contributed by atoms with E-state index in [4.69, 9.17) is 32.7 Å². The average molecular weight is 463 g/mol. The maximum Gasteiger partial charge on any atom is 0.306 e. The largest absolute Gasteiger partial charge is 0.488 e. The molecule has 0 bridgehead atoms. The van der Waals surface area contributed by atoms with Gasteiger partial charge < -0.3 is 9.47 Å². The summed E-state index contributed by atoms with van der Waals surface area (Å²) in [7, 11) is 0. The number of aryl methyl sites for hydroxylation is 1. The monoisotopic (exact) mass is 462 g/mol. The van der Waals surface area contributed by atoms with E-state index in [1.54, 1.807) is 0 Å². The molecule has 1 aromatic heterocycles. The molecule has 6 heteroatoms. The summed E-state index contributed by atoms with van der Waals surface area (Å²) in [6.07, 6.45) is 1.04. The number of carbonyl (C=O) groups excluding carboxylic acids is 1. The minimum Gasteiger partial charge on any atom is -0.488 e. The number of thiophene rings is 1. The Morgan fingerprint density at radius 2 is 1.77 bits per heavy atom. The van der Waals surface area contributed by atoms with Crippen molar-refractivity contribution in [1.82, 2.24) is 0 Å². The van der Waals surface area contributed by atoms with Gasteiger partial charge in [0, 0.05) is 17.0 Å². The number of ether oxygens (including phenoxy) is 2. The van der Waals surface area contributed by atoms with Gasteiger partial charge in [-0.15, -0.1) is 11.3 Å². The molecule has 2 aromatic carbocycles. The van der Waals surface area contributed by atoms with E-state index in [1.165, 1.54) is 11.3 Å². The van der Waals surface area contributed by atoms with Gasteiger partial charge in [0.05, 0.1) is 15.8 Å². The predicted octanol–water partition coefficient (Wildman–Crippen LogP) is 7.41. The highest BCUT2D eigenvalue weighted by molar-refractivity contribution is 7.16. The van der Waals surface area contributed by atoms with Crippen molar-refractivity contribution in [3.63, 3.8) is 0 Å². The number of halogens is 2. The van der Waals surface area contributed by atoms with Crippen molar-refractivity contribution in [3.05, 3.63) is 73.4 Å². The van der Waals surface area contributed by atoms with Crippen LogP contribution in [0.15, 0.2) is 42.5 Å². The second-order valence-corrected chi connectivity index (χ2v) is 9.17. The Kier molecular flexibility index (Phi) is 7.81. The number of rotatable bonds is 8. The summed E-state index contributed by atoms with van der Waals surface area (Å²) in [5, 5.41) is 0.701. The third kappa shape index (κ3) is 5.57. The highest BCUT2D eigenvalue weighted by Crippen LogP contribution is 2.36. The maximum atomic E-state index is 11.6. The normalized spacial score (nSPS) is 10.8. The van der Waals surface area contributed by atoms with Crippen LogP contribution in [0.4, 0.5) is 0 Å². The van der Waals surface area contributed by atoms with Crippen molar-refractivity contribution < 1.29 is 14.3 Å². The molecule has 0 atom stereocenters. The molecule has 0 aliphatic heterocycles. The standard InChI is InChI=1S/C24H24Cl2O3S/c1-4-28-24(27)12-8-17-7-11-21(16(3)15(17)2)29-14-22-20(13-23(26)30-22)18-5-9-19(25)10-6-18/h5-7,9-11,13H,4,8,12,14H2,1-3H3. The maximum absolute atomic E-state index is 11.6. The van der Waals surface area contributed by atoms with Gasteiger partial charge in [0.1, 0.15) is 12.4 Å². The predicted molar refractivity (Wildman–Crippen MR) is 125 cm³/mol. The van der Waals surface area contributed by atoms with Crippen LogP contribution in [-0.2, 0) is 22.6 Å². The van der Waals surface area contributed by atoms with Gasteiger partial charge in [0.15, 0.2) is 0 Å². The second kappa shape index (κ2) is 10.3. The van der Waals surface area contributed by atoms with Crippen LogP contribution in [0.25, 0.3) is 11.1 Å². The Morgan fingerprint density at radius 1 is 1.03 bits per heavy atom. The summed E-state index contributed by atoms with van der Waals surface area (Å²) in [4.78, 5) is 12.7. The molecule has 0 saturated heterocycles. The van der Waals surface area contributed by atoms with Crippen LogP contribution in [-0.4, -0.2) is 12.6 Å².